The van der Waals surface area contributed by atoms with Crippen molar-refractivity contribution in [2.75, 3.05) is 7.11 Å². The molecule has 0 bridgehead atoms. The summed E-state index contributed by atoms with van der Waals surface area (Å²) in [7, 11) is 1.60. The average Bonchev–Trinajstić information content (AvgIpc) is 3.05. The summed E-state index contributed by atoms with van der Waals surface area (Å²) < 4.78 is 6.81. The Hall–Kier alpha value is -2.83. The number of rotatable bonds is 5. The maximum Gasteiger partial charge on any atom is 0.329 e. The lowest BCUT2D eigenvalue weighted by Crippen LogP contribution is -2.56. The van der Waals surface area contributed by atoms with E-state index in [1.165, 1.54) is 0 Å². The standard InChI is InChI=1S/C20H25N3O4/c1-13-8-10-20(11-9-13,19(25)26)21-18(24)17-12-14(2)23(22-17)15-4-6-16(27-3)7-5-15/h4-7,12-13H,8-11H2,1-3H3,(H,21,24)(H,25,26). The van der Waals surface area contributed by atoms with Gasteiger partial charge in [-0.05, 0) is 68.9 Å². The van der Waals surface area contributed by atoms with Crippen molar-refractivity contribution < 1.29 is 19.4 Å². The number of carboxylic acids is 1. The van der Waals surface area contributed by atoms with Crippen molar-refractivity contribution in [3.63, 3.8) is 0 Å². The summed E-state index contributed by atoms with van der Waals surface area (Å²) in [6, 6.07) is 9.00. The topological polar surface area (TPSA) is 93.5 Å². The predicted octanol–water partition coefficient (Wildman–Crippen LogP) is 2.95. The molecule has 2 N–H and O–H groups in total. The van der Waals surface area contributed by atoms with Crippen LogP contribution >= 0.6 is 0 Å². The largest absolute Gasteiger partial charge is 0.497 e. The number of hydrogen-bond acceptors (Lipinski definition) is 4. The third-order valence-electron chi connectivity index (χ3n) is 5.33. The van der Waals surface area contributed by atoms with Gasteiger partial charge in [-0.2, -0.15) is 5.10 Å². The van der Waals surface area contributed by atoms with E-state index in [0.717, 1.165) is 30.0 Å². The van der Waals surface area contributed by atoms with Gasteiger partial charge in [0.25, 0.3) is 5.91 Å². The van der Waals surface area contributed by atoms with E-state index in [2.05, 4.69) is 17.3 Å². The fraction of sp³-hybridized carbons (Fsp3) is 0.450. The molecule has 7 nitrogen and oxygen atoms in total. The summed E-state index contributed by atoms with van der Waals surface area (Å²) in [5, 5.41) is 16.8. The Morgan fingerprint density at radius 1 is 1.26 bits per heavy atom. The zero-order valence-electron chi connectivity index (χ0n) is 15.9. The lowest BCUT2D eigenvalue weighted by Gasteiger charge is -2.36. The van der Waals surface area contributed by atoms with Gasteiger partial charge in [0, 0.05) is 5.69 Å². The number of aliphatic carboxylic acids is 1. The van der Waals surface area contributed by atoms with Gasteiger partial charge in [-0.25, -0.2) is 9.48 Å². The molecule has 1 aromatic heterocycles. The number of carboxylic acid groups (broad SMARTS) is 1. The van der Waals surface area contributed by atoms with E-state index in [-0.39, 0.29) is 5.69 Å². The Morgan fingerprint density at radius 2 is 1.89 bits per heavy atom. The lowest BCUT2D eigenvalue weighted by molar-refractivity contribution is -0.146. The Labute approximate surface area is 158 Å². The summed E-state index contributed by atoms with van der Waals surface area (Å²) >= 11 is 0. The van der Waals surface area contributed by atoms with E-state index in [1.54, 1.807) is 17.9 Å². The lowest BCUT2D eigenvalue weighted by atomic mass is 9.77. The Kier molecular flexibility index (Phi) is 5.21. The van der Waals surface area contributed by atoms with E-state index in [1.807, 2.05) is 31.2 Å². The average molecular weight is 371 g/mol. The van der Waals surface area contributed by atoms with Crippen LogP contribution in [-0.2, 0) is 4.79 Å². The third-order valence-corrected chi connectivity index (χ3v) is 5.33. The zero-order chi connectivity index (χ0) is 19.6. The monoisotopic (exact) mass is 371 g/mol. The van der Waals surface area contributed by atoms with Crippen LogP contribution in [-0.4, -0.2) is 39.4 Å². The molecule has 7 heteroatoms. The maximum atomic E-state index is 12.7. The molecule has 0 atom stereocenters. The molecule has 1 saturated carbocycles. The van der Waals surface area contributed by atoms with Crippen molar-refractivity contribution in [1.82, 2.24) is 15.1 Å². The molecular formula is C20H25N3O4. The molecule has 27 heavy (non-hydrogen) atoms. The first kappa shape index (κ1) is 18.9. The number of carbonyl (C=O) groups excluding carboxylic acids is 1. The molecule has 1 amide bonds. The molecular weight excluding hydrogens is 346 g/mol. The van der Waals surface area contributed by atoms with E-state index in [9.17, 15) is 14.7 Å². The molecule has 1 heterocycles. The second-order valence-corrected chi connectivity index (χ2v) is 7.30. The minimum Gasteiger partial charge on any atom is -0.497 e. The van der Waals surface area contributed by atoms with Crippen LogP contribution in [0.2, 0.25) is 0 Å². The van der Waals surface area contributed by atoms with Crippen LogP contribution in [0.15, 0.2) is 30.3 Å². The highest BCUT2D eigenvalue weighted by atomic mass is 16.5. The summed E-state index contributed by atoms with van der Waals surface area (Å²) in [6.07, 6.45) is 2.44. The summed E-state index contributed by atoms with van der Waals surface area (Å²) in [5.41, 5.74) is 0.586. The molecule has 2 aromatic rings. The third kappa shape index (κ3) is 3.82. The van der Waals surface area contributed by atoms with Crippen LogP contribution < -0.4 is 10.1 Å². The SMILES string of the molecule is COc1ccc(-n2nc(C(=O)NC3(C(=O)O)CCC(C)CC3)cc2C)cc1. The molecule has 1 fully saturated rings. The first-order chi connectivity index (χ1) is 12.8. The predicted molar refractivity (Wildman–Crippen MR) is 100 cm³/mol. The number of hydrogen-bond donors (Lipinski definition) is 2. The number of benzene rings is 1. The first-order valence-corrected chi connectivity index (χ1v) is 9.11. The van der Waals surface area contributed by atoms with Gasteiger partial charge in [-0.15, -0.1) is 0 Å². The molecule has 0 saturated heterocycles. The molecule has 1 aliphatic carbocycles. The molecule has 1 aromatic carbocycles. The van der Waals surface area contributed by atoms with Gasteiger partial charge < -0.3 is 15.2 Å². The second-order valence-electron chi connectivity index (χ2n) is 7.30. The smallest absolute Gasteiger partial charge is 0.329 e. The number of carbonyl (C=O) groups is 2. The molecule has 144 valence electrons. The van der Waals surface area contributed by atoms with Crippen LogP contribution in [0.5, 0.6) is 5.75 Å². The van der Waals surface area contributed by atoms with Gasteiger partial charge in [0.05, 0.1) is 12.8 Å². The fourth-order valence-electron chi connectivity index (χ4n) is 3.50. The van der Waals surface area contributed by atoms with Crippen molar-refractivity contribution in [2.45, 2.75) is 45.1 Å². The molecule has 0 spiro atoms. The molecule has 3 rings (SSSR count). The zero-order valence-corrected chi connectivity index (χ0v) is 15.9. The Balaban J connectivity index is 1.81. The summed E-state index contributed by atoms with van der Waals surface area (Å²) in [4.78, 5) is 24.6. The van der Waals surface area contributed by atoms with E-state index in [4.69, 9.17) is 4.74 Å². The number of methoxy groups -OCH3 is 1. The number of ether oxygens (including phenoxy) is 1. The van der Waals surface area contributed by atoms with Crippen LogP contribution in [0.4, 0.5) is 0 Å². The van der Waals surface area contributed by atoms with Gasteiger partial charge >= 0.3 is 5.97 Å². The van der Waals surface area contributed by atoms with Gasteiger partial charge in [0.15, 0.2) is 5.69 Å². The van der Waals surface area contributed by atoms with E-state index >= 15 is 0 Å². The van der Waals surface area contributed by atoms with E-state index in [0.29, 0.717) is 18.8 Å². The number of nitrogens with one attached hydrogen (secondary N) is 1. The van der Waals surface area contributed by atoms with Crippen LogP contribution in [0.3, 0.4) is 0 Å². The highest BCUT2D eigenvalue weighted by molar-refractivity contribution is 5.96. The first-order valence-electron chi connectivity index (χ1n) is 9.11. The van der Waals surface area contributed by atoms with Gasteiger partial charge in [0.2, 0.25) is 0 Å². The highest BCUT2D eigenvalue weighted by Gasteiger charge is 2.43. The maximum absolute atomic E-state index is 12.7. The van der Waals surface area contributed by atoms with Gasteiger partial charge in [-0.3, -0.25) is 4.79 Å². The summed E-state index contributed by atoms with van der Waals surface area (Å²) in [5.74, 6) is -0.223. The summed E-state index contributed by atoms with van der Waals surface area (Å²) in [6.45, 7) is 3.96. The van der Waals surface area contributed by atoms with Crippen LogP contribution in [0, 0.1) is 12.8 Å². The number of aryl methyl sites for hydroxylation is 1. The Morgan fingerprint density at radius 3 is 2.44 bits per heavy atom. The molecule has 0 aliphatic heterocycles. The van der Waals surface area contributed by atoms with Gasteiger partial charge in [0.1, 0.15) is 11.3 Å². The molecule has 1 aliphatic rings. The van der Waals surface area contributed by atoms with Crippen LogP contribution in [0.25, 0.3) is 5.69 Å². The van der Waals surface area contributed by atoms with Crippen molar-refractivity contribution in [2.24, 2.45) is 5.92 Å². The van der Waals surface area contributed by atoms with Crippen molar-refractivity contribution in [1.29, 1.82) is 0 Å². The minimum absolute atomic E-state index is 0.211. The second kappa shape index (κ2) is 7.42. The minimum atomic E-state index is -1.21. The number of nitrogens with zero attached hydrogens (tertiary/aromatic N) is 2. The normalized spacial score (nSPS) is 22.3. The quantitative estimate of drug-likeness (QED) is 0.843. The Bertz CT molecular complexity index is 833. The van der Waals surface area contributed by atoms with Crippen molar-refractivity contribution in [3.05, 3.63) is 41.7 Å². The molecule has 0 radical (unpaired) electrons. The van der Waals surface area contributed by atoms with Crippen LogP contribution in [0.1, 0.15) is 48.8 Å². The van der Waals surface area contributed by atoms with E-state index < -0.39 is 17.4 Å². The fourth-order valence-corrected chi connectivity index (χ4v) is 3.50. The van der Waals surface area contributed by atoms with Crippen molar-refractivity contribution in [3.8, 4) is 11.4 Å². The highest BCUT2D eigenvalue weighted by Crippen LogP contribution is 2.32. The van der Waals surface area contributed by atoms with Gasteiger partial charge in [-0.1, -0.05) is 6.92 Å². The van der Waals surface area contributed by atoms with Crippen molar-refractivity contribution >= 4 is 11.9 Å². The number of aromatic nitrogens is 2. The molecule has 0 unspecified atom stereocenters. The number of amides is 1.